The van der Waals surface area contributed by atoms with E-state index in [2.05, 4.69) is 28.7 Å². The van der Waals surface area contributed by atoms with Crippen molar-refractivity contribution >= 4 is 11.8 Å². The summed E-state index contributed by atoms with van der Waals surface area (Å²) < 4.78 is 5.61. The molecule has 0 amide bonds. The second-order valence-electron chi connectivity index (χ2n) is 5.36. The molecule has 0 aromatic carbocycles. The molecule has 1 aliphatic rings. The minimum absolute atomic E-state index is 0.129. The molecule has 1 saturated heterocycles. The maximum atomic E-state index is 5.69. The van der Waals surface area contributed by atoms with E-state index in [0.717, 1.165) is 37.8 Å². The fraction of sp³-hybridized carbons (Fsp3) is 0.667. The molecule has 17 heavy (non-hydrogen) atoms. The number of hydrogen-bond donors (Lipinski definition) is 1. The lowest BCUT2D eigenvalue weighted by Gasteiger charge is -2.29. The van der Waals surface area contributed by atoms with Crippen molar-refractivity contribution in [2.75, 3.05) is 36.9 Å². The Kier molecular flexibility index (Phi) is 3.19. The topological polar surface area (TPSA) is 64.3 Å². The molecule has 1 aromatic rings. The van der Waals surface area contributed by atoms with Gasteiger partial charge < -0.3 is 15.4 Å². The zero-order valence-corrected chi connectivity index (χ0v) is 10.7. The van der Waals surface area contributed by atoms with Crippen molar-refractivity contribution in [2.45, 2.75) is 20.8 Å². The Bertz CT molecular complexity index is 385. The lowest BCUT2D eigenvalue weighted by molar-refractivity contribution is 0.0893. The van der Waals surface area contributed by atoms with Crippen molar-refractivity contribution in [3.8, 4) is 0 Å². The van der Waals surface area contributed by atoms with Crippen molar-refractivity contribution in [1.29, 1.82) is 0 Å². The largest absolute Gasteiger partial charge is 0.379 e. The Labute approximate surface area is 102 Å². The van der Waals surface area contributed by atoms with E-state index in [1.54, 1.807) is 0 Å². The molecule has 2 rings (SSSR count). The van der Waals surface area contributed by atoms with Gasteiger partial charge in [-0.3, -0.25) is 0 Å². The first-order chi connectivity index (χ1) is 7.96. The van der Waals surface area contributed by atoms with Crippen molar-refractivity contribution in [1.82, 2.24) is 9.97 Å². The van der Waals surface area contributed by atoms with Crippen LogP contribution in [-0.2, 0) is 4.74 Å². The predicted octanol–water partition coefficient (Wildman–Crippen LogP) is 1.23. The van der Waals surface area contributed by atoms with E-state index in [1.165, 1.54) is 0 Å². The molecule has 0 radical (unpaired) electrons. The molecule has 0 saturated carbocycles. The molecular formula is C12H20N4O. The Morgan fingerprint density at radius 1 is 1.41 bits per heavy atom. The van der Waals surface area contributed by atoms with Crippen LogP contribution in [0.15, 0.2) is 6.07 Å². The summed E-state index contributed by atoms with van der Waals surface area (Å²) in [6.45, 7) is 9.60. The van der Waals surface area contributed by atoms with E-state index >= 15 is 0 Å². The van der Waals surface area contributed by atoms with Crippen LogP contribution in [0.5, 0.6) is 0 Å². The second kappa shape index (κ2) is 4.49. The standard InChI is InChI=1S/C12H20N4O/c1-9-6-10(15-11(13)14-9)16-4-5-17-8-12(2,3)7-16/h6H,4-5,7-8H2,1-3H3,(H2,13,14,15). The maximum absolute atomic E-state index is 5.69. The van der Waals surface area contributed by atoms with Gasteiger partial charge in [0.15, 0.2) is 0 Å². The molecular weight excluding hydrogens is 216 g/mol. The summed E-state index contributed by atoms with van der Waals surface area (Å²) in [6.07, 6.45) is 0. The highest BCUT2D eigenvalue weighted by atomic mass is 16.5. The molecule has 0 atom stereocenters. The highest BCUT2D eigenvalue weighted by molar-refractivity contribution is 5.43. The molecule has 0 bridgehead atoms. The fourth-order valence-corrected chi connectivity index (χ4v) is 2.10. The molecule has 5 heteroatoms. The van der Waals surface area contributed by atoms with Gasteiger partial charge >= 0.3 is 0 Å². The van der Waals surface area contributed by atoms with Gasteiger partial charge in [-0.1, -0.05) is 13.8 Å². The van der Waals surface area contributed by atoms with Crippen LogP contribution in [0.3, 0.4) is 0 Å². The average Bonchev–Trinajstić information content (AvgIpc) is 2.37. The number of anilines is 2. The summed E-state index contributed by atoms with van der Waals surface area (Å²) in [5.41, 5.74) is 6.72. The number of nitrogens with two attached hydrogens (primary N) is 1. The van der Waals surface area contributed by atoms with Crippen LogP contribution in [0, 0.1) is 12.3 Å². The zero-order valence-electron chi connectivity index (χ0n) is 10.7. The van der Waals surface area contributed by atoms with E-state index in [0.29, 0.717) is 5.95 Å². The average molecular weight is 236 g/mol. The molecule has 5 nitrogen and oxygen atoms in total. The van der Waals surface area contributed by atoms with Crippen LogP contribution >= 0.6 is 0 Å². The fourth-order valence-electron chi connectivity index (χ4n) is 2.10. The van der Waals surface area contributed by atoms with Gasteiger partial charge in [-0.25, -0.2) is 4.98 Å². The first-order valence-corrected chi connectivity index (χ1v) is 5.90. The first-order valence-electron chi connectivity index (χ1n) is 5.90. The van der Waals surface area contributed by atoms with Crippen molar-refractivity contribution < 1.29 is 4.74 Å². The summed E-state index contributed by atoms with van der Waals surface area (Å²) >= 11 is 0. The number of nitrogen functional groups attached to an aromatic ring is 1. The number of aromatic nitrogens is 2. The number of aryl methyl sites for hydroxylation is 1. The number of nitrogens with zero attached hydrogens (tertiary/aromatic N) is 3. The molecule has 0 aliphatic carbocycles. The smallest absolute Gasteiger partial charge is 0.222 e. The number of ether oxygens (including phenoxy) is 1. The van der Waals surface area contributed by atoms with Crippen molar-refractivity contribution in [3.05, 3.63) is 11.8 Å². The lowest BCUT2D eigenvalue weighted by Crippen LogP contribution is -2.35. The van der Waals surface area contributed by atoms with E-state index in [-0.39, 0.29) is 5.41 Å². The summed E-state index contributed by atoms with van der Waals surface area (Å²) in [5, 5.41) is 0. The monoisotopic (exact) mass is 236 g/mol. The van der Waals surface area contributed by atoms with Crippen LogP contribution in [0.25, 0.3) is 0 Å². The lowest BCUT2D eigenvalue weighted by atomic mass is 9.94. The van der Waals surface area contributed by atoms with Crippen molar-refractivity contribution in [2.24, 2.45) is 5.41 Å². The SMILES string of the molecule is Cc1cc(N2CCOCC(C)(C)C2)nc(N)n1. The summed E-state index contributed by atoms with van der Waals surface area (Å²) in [4.78, 5) is 10.6. The van der Waals surface area contributed by atoms with Crippen LogP contribution < -0.4 is 10.6 Å². The molecule has 2 N–H and O–H groups in total. The molecule has 0 spiro atoms. The van der Waals surface area contributed by atoms with Gasteiger partial charge in [0.1, 0.15) is 5.82 Å². The van der Waals surface area contributed by atoms with Crippen molar-refractivity contribution in [3.63, 3.8) is 0 Å². The van der Waals surface area contributed by atoms with Crippen LogP contribution in [-0.4, -0.2) is 36.3 Å². The highest BCUT2D eigenvalue weighted by Gasteiger charge is 2.26. The number of hydrogen-bond acceptors (Lipinski definition) is 5. The third-order valence-electron chi connectivity index (χ3n) is 2.80. The highest BCUT2D eigenvalue weighted by Crippen LogP contribution is 2.24. The molecule has 2 heterocycles. The van der Waals surface area contributed by atoms with E-state index in [1.807, 2.05) is 13.0 Å². The first kappa shape index (κ1) is 12.1. The van der Waals surface area contributed by atoms with Gasteiger partial charge in [0.05, 0.1) is 13.2 Å². The normalized spacial score (nSPS) is 20.1. The maximum Gasteiger partial charge on any atom is 0.222 e. The summed E-state index contributed by atoms with van der Waals surface area (Å²) in [5.74, 6) is 1.23. The van der Waals surface area contributed by atoms with Crippen LogP contribution in [0.2, 0.25) is 0 Å². The molecule has 94 valence electrons. The molecule has 1 aromatic heterocycles. The summed E-state index contributed by atoms with van der Waals surface area (Å²) in [6, 6.07) is 1.97. The van der Waals surface area contributed by atoms with Gasteiger partial charge in [-0.05, 0) is 6.92 Å². The van der Waals surface area contributed by atoms with Gasteiger partial charge in [0.25, 0.3) is 0 Å². The van der Waals surface area contributed by atoms with Gasteiger partial charge in [0, 0.05) is 30.3 Å². The minimum atomic E-state index is 0.129. The van der Waals surface area contributed by atoms with Crippen LogP contribution in [0.1, 0.15) is 19.5 Å². The Balaban J connectivity index is 2.25. The molecule has 1 aliphatic heterocycles. The van der Waals surface area contributed by atoms with Gasteiger partial charge in [-0.2, -0.15) is 4.98 Å². The zero-order chi connectivity index (χ0) is 12.5. The third-order valence-corrected chi connectivity index (χ3v) is 2.80. The third kappa shape index (κ3) is 3.06. The summed E-state index contributed by atoms with van der Waals surface area (Å²) in [7, 11) is 0. The van der Waals surface area contributed by atoms with E-state index in [9.17, 15) is 0 Å². The van der Waals surface area contributed by atoms with E-state index < -0.39 is 0 Å². The molecule has 1 fully saturated rings. The van der Waals surface area contributed by atoms with Gasteiger partial charge in [0.2, 0.25) is 5.95 Å². The van der Waals surface area contributed by atoms with Gasteiger partial charge in [-0.15, -0.1) is 0 Å². The number of rotatable bonds is 1. The Morgan fingerprint density at radius 3 is 2.88 bits per heavy atom. The molecule has 0 unspecified atom stereocenters. The van der Waals surface area contributed by atoms with Crippen LogP contribution in [0.4, 0.5) is 11.8 Å². The van der Waals surface area contributed by atoms with E-state index in [4.69, 9.17) is 10.5 Å². The Hall–Kier alpha value is -1.36. The second-order valence-corrected chi connectivity index (χ2v) is 5.36. The predicted molar refractivity (Wildman–Crippen MR) is 68.0 cm³/mol. The quantitative estimate of drug-likeness (QED) is 0.794. The Morgan fingerprint density at radius 2 is 2.18 bits per heavy atom. The minimum Gasteiger partial charge on any atom is -0.379 e.